The van der Waals surface area contributed by atoms with Gasteiger partial charge in [-0.05, 0) is 12.8 Å². The molecule has 1 aliphatic rings. The maximum absolute atomic E-state index is 11.3. The summed E-state index contributed by atoms with van der Waals surface area (Å²) in [5.74, 6) is -0.0871. The molecule has 1 amide bonds. The van der Waals surface area contributed by atoms with Crippen LogP contribution < -0.4 is 5.32 Å². The van der Waals surface area contributed by atoms with Crippen molar-refractivity contribution in [3.63, 3.8) is 0 Å². The highest BCUT2D eigenvalue weighted by atomic mass is 31.2. The molecule has 0 spiro atoms. The van der Waals surface area contributed by atoms with E-state index >= 15 is 0 Å². The molecule has 3 N–H and O–H groups in total. The van der Waals surface area contributed by atoms with Crippen molar-refractivity contribution in [1.82, 2.24) is 10.2 Å². The van der Waals surface area contributed by atoms with Crippen molar-refractivity contribution in [3.8, 4) is 0 Å². The molecule has 0 bridgehead atoms. The zero-order chi connectivity index (χ0) is 10.6. The molecule has 1 rings (SSSR count). The zero-order valence-corrected chi connectivity index (χ0v) is 8.74. The molecule has 0 aliphatic carbocycles. The lowest BCUT2D eigenvalue weighted by Gasteiger charge is -2.15. The highest BCUT2D eigenvalue weighted by Gasteiger charge is 2.18. The largest absolute Gasteiger partial charge is 0.342 e. The van der Waals surface area contributed by atoms with Crippen molar-refractivity contribution >= 4 is 13.5 Å². The Hall–Kier alpha value is -0.420. The molecule has 7 heteroatoms. The van der Waals surface area contributed by atoms with Gasteiger partial charge in [0.2, 0.25) is 5.91 Å². The number of hydrogen-bond acceptors (Lipinski definition) is 3. The van der Waals surface area contributed by atoms with Gasteiger partial charge in [-0.1, -0.05) is 0 Å². The number of carbonyl (C=O) groups excluding carboxylic acids is 1. The molecule has 0 unspecified atom stereocenters. The van der Waals surface area contributed by atoms with E-state index in [9.17, 15) is 9.36 Å². The van der Waals surface area contributed by atoms with Crippen LogP contribution in [-0.4, -0.2) is 46.5 Å². The van der Waals surface area contributed by atoms with Gasteiger partial charge in [0.25, 0.3) is 0 Å². The Balaban J connectivity index is 2.18. The summed E-state index contributed by atoms with van der Waals surface area (Å²) in [6, 6.07) is 0. The molecule has 0 saturated carbocycles. The molecule has 14 heavy (non-hydrogen) atoms. The Labute approximate surface area is 82.4 Å². The van der Waals surface area contributed by atoms with Gasteiger partial charge in [-0.25, -0.2) is 0 Å². The quantitative estimate of drug-likeness (QED) is 0.549. The van der Waals surface area contributed by atoms with E-state index in [0.29, 0.717) is 0 Å². The number of nitrogens with zero attached hydrogens (tertiary/aromatic N) is 1. The first-order chi connectivity index (χ1) is 6.49. The van der Waals surface area contributed by atoms with Gasteiger partial charge >= 0.3 is 7.60 Å². The number of likely N-dealkylation sites (tertiary alicyclic amines) is 1. The van der Waals surface area contributed by atoms with Gasteiger partial charge in [0.15, 0.2) is 0 Å². The number of rotatable bonds is 4. The van der Waals surface area contributed by atoms with Gasteiger partial charge in [-0.15, -0.1) is 0 Å². The Bertz CT molecular complexity index is 246. The maximum Gasteiger partial charge on any atom is 0.339 e. The first-order valence-electron chi connectivity index (χ1n) is 4.52. The number of nitrogens with one attached hydrogen (secondary N) is 1. The van der Waals surface area contributed by atoms with Crippen molar-refractivity contribution in [2.75, 3.05) is 25.9 Å². The van der Waals surface area contributed by atoms with Crippen LogP contribution in [0.25, 0.3) is 0 Å². The fraction of sp³-hybridized carbons (Fsp3) is 0.857. The van der Waals surface area contributed by atoms with Crippen LogP contribution in [0.15, 0.2) is 0 Å². The third-order valence-electron chi connectivity index (χ3n) is 2.05. The molecule has 1 fully saturated rings. The Kier molecular flexibility index (Phi) is 4.07. The fourth-order valence-corrected chi connectivity index (χ4v) is 1.79. The van der Waals surface area contributed by atoms with Crippen LogP contribution in [-0.2, 0) is 9.36 Å². The van der Waals surface area contributed by atoms with Crippen LogP contribution in [0.4, 0.5) is 0 Å². The van der Waals surface area contributed by atoms with Gasteiger partial charge < -0.3 is 14.7 Å². The van der Waals surface area contributed by atoms with Crippen LogP contribution >= 0.6 is 7.60 Å². The van der Waals surface area contributed by atoms with Gasteiger partial charge in [-0.2, -0.15) is 0 Å². The third-order valence-corrected chi connectivity index (χ3v) is 2.69. The predicted octanol–water partition coefficient (Wildman–Crippen LogP) is -0.666. The maximum atomic E-state index is 11.3. The average Bonchev–Trinajstić information content (AvgIpc) is 2.53. The lowest BCUT2D eigenvalue weighted by atomic mass is 10.4. The lowest BCUT2D eigenvalue weighted by molar-refractivity contribution is -0.129. The number of amides is 1. The van der Waals surface area contributed by atoms with Crippen LogP contribution in [0, 0.1) is 0 Å². The van der Waals surface area contributed by atoms with Gasteiger partial charge in [0.1, 0.15) is 0 Å². The highest BCUT2D eigenvalue weighted by molar-refractivity contribution is 7.51. The van der Waals surface area contributed by atoms with E-state index < -0.39 is 13.9 Å². The molecule has 1 aliphatic heterocycles. The van der Waals surface area contributed by atoms with Crippen molar-refractivity contribution in [2.45, 2.75) is 12.8 Å². The van der Waals surface area contributed by atoms with E-state index in [0.717, 1.165) is 25.9 Å². The minimum atomic E-state index is -4.04. The monoisotopic (exact) mass is 222 g/mol. The minimum absolute atomic E-state index is 0.00507. The third kappa shape index (κ3) is 4.19. The van der Waals surface area contributed by atoms with Gasteiger partial charge in [0, 0.05) is 13.1 Å². The standard InChI is InChI=1S/C7H15N2O4P/c10-7(9-3-1-2-4-9)5-8-6-14(11,12)13/h8H,1-6H2,(H2,11,12,13). The molecule has 0 atom stereocenters. The topological polar surface area (TPSA) is 89.9 Å². The highest BCUT2D eigenvalue weighted by Crippen LogP contribution is 2.31. The summed E-state index contributed by atoms with van der Waals surface area (Å²) in [7, 11) is -4.04. The Morgan fingerprint density at radius 1 is 1.36 bits per heavy atom. The SMILES string of the molecule is O=C(CNCP(=O)(O)O)N1CCCC1. The molecule has 1 saturated heterocycles. The van der Waals surface area contributed by atoms with Crippen molar-refractivity contribution in [2.24, 2.45) is 0 Å². The second-order valence-corrected chi connectivity index (χ2v) is 4.98. The molecular weight excluding hydrogens is 207 g/mol. The van der Waals surface area contributed by atoms with E-state index in [1.165, 1.54) is 0 Å². The molecule has 6 nitrogen and oxygen atoms in total. The van der Waals surface area contributed by atoms with Crippen LogP contribution in [0.5, 0.6) is 0 Å². The Morgan fingerprint density at radius 2 is 1.93 bits per heavy atom. The van der Waals surface area contributed by atoms with E-state index in [1.54, 1.807) is 4.90 Å². The summed E-state index contributed by atoms with van der Waals surface area (Å²) < 4.78 is 10.4. The summed E-state index contributed by atoms with van der Waals surface area (Å²) in [5, 5.41) is 2.45. The van der Waals surface area contributed by atoms with E-state index in [1.807, 2.05) is 0 Å². The Morgan fingerprint density at radius 3 is 2.43 bits per heavy atom. The van der Waals surface area contributed by atoms with Crippen molar-refractivity contribution in [1.29, 1.82) is 0 Å². The van der Waals surface area contributed by atoms with E-state index in [4.69, 9.17) is 9.79 Å². The van der Waals surface area contributed by atoms with Crippen LogP contribution in [0.3, 0.4) is 0 Å². The second-order valence-electron chi connectivity index (χ2n) is 3.34. The fourth-order valence-electron chi connectivity index (χ4n) is 1.39. The first kappa shape index (κ1) is 11.7. The van der Waals surface area contributed by atoms with Crippen molar-refractivity contribution < 1.29 is 19.1 Å². The lowest BCUT2D eigenvalue weighted by Crippen LogP contribution is -2.36. The molecular formula is C7H15N2O4P. The summed E-state index contributed by atoms with van der Waals surface area (Å²) in [5.41, 5.74) is 0. The minimum Gasteiger partial charge on any atom is -0.342 e. The summed E-state index contributed by atoms with van der Waals surface area (Å²) >= 11 is 0. The smallest absolute Gasteiger partial charge is 0.339 e. The van der Waals surface area contributed by atoms with Gasteiger partial charge in [-0.3, -0.25) is 14.7 Å². The van der Waals surface area contributed by atoms with Crippen molar-refractivity contribution in [3.05, 3.63) is 0 Å². The number of hydrogen-bond donors (Lipinski definition) is 3. The summed E-state index contributed by atoms with van der Waals surface area (Å²) in [4.78, 5) is 30.1. The molecule has 0 radical (unpaired) electrons. The van der Waals surface area contributed by atoms with Crippen LogP contribution in [0.1, 0.15) is 12.8 Å². The molecule has 1 heterocycles. The second kappa shape index (κ2) is 4.89. The van der Waals surface area contributed by atoms with E-state index in [2.05, 4.69) is 5.32 Å². The average molecular weight is 222 g/mol. The zero-order valence-electron chi connectivity index (χ0n) is 7.85. The van der Waals surface area contributed by atoms with E-state index in [-0.39, 0.29) is 12.5 Å². The number of carbonyl (C=O) groups is 1. The molecule has 0 aromatic heterocycles. The summed E-state index contributed by atoms with van der Waals surface area (Å²) in [6.07, 6.45) is 1.60. The molecule has 82 valence electrons. The predicted molar refractivity (Wildman–Crippen MR) is 50.7 cm³/mol. The first-order valence-corrected chi connectivity index (χ1v) is 6.32. The molecule has 0 aromatic rings. The summed E-state index contributed by atoms with van der Waals surface area (Å²) in [6.45, 7) is 1.53. The van der Waals surface area contributed by atoms with Crippen LogP contribution in [0.2, 0.25) is 0 Å². The molecule has 0 aromatic carbocycles. The van der Waals surface area contributed by atoms with Gasteiger partial charge in [0.05, 0.1) is 12.8 Å². The normalized spacial score (nSPS) is 17.4.